The van der Waals surface area contributed by atoms with Crippen molar-refractivity contribution in [3.63, 3.8) is 0 Å². The summed E-state index contributed by atoms with van der Waals surface area (Å²) in [5.74, 6) is -0.152. The Balaban J connectivity index is 2.02. The predicted octanol–water partition coefficient (Wildman–Crippen LogP) is 5.04. The molecule has 0 amide bonds. The van der Waals surface area contributed by atoms with Gasteiger partial charge >= 0.3 is 0 Å². The van der Waals surface area contributed by atoms with Gasteiger partial charge in [0, 0.05) is 35.1 Å². The standard InChI is InChI=1S/C14H15Cl2FN2S/c1-8(14-18-3-4-20-14)7-19-9(2)10-5-13(17)12(16)6-11(10)15/h3-6,8-9,19H,7H2,1-2H3. The molecule has 20 heavy (non-hydrogen) atoms. The number of hydrogen-bond acceptors (Lipinski definition) is 3. The van der Waals surface area contributed by atoms with Crippen LogP contribution in [0.1, 0.15) is 36.4 Å². The molecular weight excluding hydrogens is 318 g/mol. The smallest absolute Gasteiger partial charge is 0.142 e. The van der Waals surface area contributed by atoms with E-state index in [1.165, 1.54) is 12.1 Å². The molecule has 1 heterocycles. The van der Waals surface area contributed by atoms with Gasteiger partial charge in [-0.2, -0.15) is 0 Å². The molecule has 2 unspecified atom stereocenters. The molecule has 0 saturated carbocycles. The van der Waals surface area contributed by atoms with Crippen molar-refractivity contribution >= 4 is 34.5 Å². The molecule has 0 aliphatic rings. The van der Waals surface area contributed by atoms with Gasteiger partial charge in [0.1, 0.15) is 5.82 Å². The zero-order valence-electron chi connectivity index (χ0n) is 11.2. The molecule has 0 spiro atoms. The number of halogens is 3. The van der Waals surface area contributed by atoms with E-state index in [2.05, 4.69) is 17.2 Å². The number of aromatic nitrogens is 1. The third-order valence-electron chi connectivity index (χ3n) is 3.11. The Morgan fingerprint density at radius 2 is 2.05 bits per heavy atom. The molecule has 1 N–H and O–H groups in total. The van der Waals surface area contributed by atoms with Crippen LogP contribution in [0.4, 0.5) is 4.39 Å². The summed E-state index contributed by atoms with van der Waals surface area (Å²) in [6.07, 6.45) is 1.80. The van der Waals surface area contributed by atoms with Gasteiger partial charge in [-0.1, -0.05) is 30.1 Å². The Morgan fingerprint density at radius 1 is 1.30 bits per heavy atom. The molecule has 1 aromatic heterocycles. The van der Waals surface area contributed by atoms with Crippen molar-refractivity contribution in [2.24, 2.45) is 0 Å². The van der Waals surface area contributed by atoms with Crippen LogP contribution in [0.3, 0.4) is 0 Å². The van der Waals surface area contributed by atoms with Crippen LogP contribution in [0.15, 0.2) is 23.7 Å². The Labute approximate surface area is 131 Å². The molecule has 2 rings (SSSR count). The second kappa shape index (κ2) is 6.85. The van der Waals surface area contributed by atoms with Crippen molar-refractivity contribution in [1.82, 2.24) is 10.3 Å². The van der Waals surface area contributed by atoms with Gasteiger partial charge in [-0.05, 0) is 24.6 Å². The van der Waals surface area contributed by atoms with Gasteiger partial charge in [-0.15, -0.1) is 11.3 Å². The highest BCUT2D eigenvalue weighted by Crippen LogP contribution is 2.29. The summed E-state index contributed by atoms with van der Waals surface area (Å²) in [6, 6.07) is 2.77. The van der Waals surface area contributed by atoms with Gasteiger partial charge in [-0.25, -0.2) is 9.37 Å². The number of nitrogens with one attached hydrogen (secondary N) is 1. The van der Waals surface area contributed by atoms with Crippen LogP contribution < -0.4 is 5.32 Å². The Kier molecular flexibility index (Phi) is 5.38. The van der Waals surface area contributed by atoms with Crippen molar-refractivity contribution in [1.29, 1.82) is 0 Å². The second-order valence-corrected chi connectivity index (χ2v) is 6.43. The first-order chi connectivity index (χ1) is 9.49. The summed E-state index contributed by atoms with van der Waals surface area (Å²) in [6.45, 7) is 4.79. The molecule has 2 aromatic rings. The van der Waals surface area contributed by atoms with Crippen molar-refractivity contribution in [2.45, 2.75) is 25.8 Å². The highest BCUT2D eigenvalue weighted by Gasteiger charge is 2.15. The fraction of sp³-hybridized carbons (Fsp3) is 0.357. The lowest BCUT2D eigenvalue weighted by Crippen LogP contribution is -2.24. The van der Waals surface area contributed by atoms with Crippen LogP contribution in [0.5, 0.6) is 0 Å². The molecule has 0 aliphatic heterocycles. The van der Waals surface area contributed by atoms with E-state index in [0.717, 1.165) is 11.6 Å². The third kappa shape index (κ3) is 3.70. The number of hydrogen-bond donors (Lipinski definition) is 1. The summed E-state index contributed by atoms with van der Waals surface area (Å²) in [5, 5.41) is 6.90. The van der Waals surface area contributed by atoms with Crippen LogP contribution in [-0.4, -0.2) is 11.5 Å². The summed E-state index contributed by atoms with van der Waals surface area (Å²) in [5.41, 5.74) is 0.708. The topological polar surface area (TPSA) is 24.9 Å². The molecular formula is C14H15Cl2FN2S. The van der Waals surface area contributed by atoms with E-state index in [1.807, 2.05) is 12.3 Å². The molecule has 2 atom stereocenters. The first-order valence-electron chi connectivity index (χ1n) is 6.26. The number of rotatable bonds is 5. The first kappa shape index (κ1) is 15.7. The molecule has 0 fully saturated rings. The third-order valence-corrected chi connectivity index (χ3v) is 4.73. The zero-order chi connectivity index (χ0) is 14.7. The van der Waals surface area contributed by atoms with Gasteiger partial charge in [0.05, 0.1) is 10.0 Å². The largest absolute Gasteiger partial charge is 0.309 e. The monoisotopic (exact) mass is 332 g/mol. The highest BCUT2D eigenvalue weighted by atomic mass is 35.5. The van der Waals surface area contributed by atoms with E-state index in [1.54, 1.807) is 17.5 Å². The molecule has 1 aromatic carbocycles. The van der Waals surface area contributed by atoms with Gasteiger partial charge in [0.2, 0.25) is 0 Å². The average Bonchev–Trinajstić information content (AvgIpc) is 2.94. The van der Waals surface area contributed by atoms with E-state index >= 15 is 0 Å². The SMILES string of the molecule is CC(CNC(C)c1cc(F)c(Cl)cc1Cl)c1nccs1. The van der Waals surface area contributed by atoms with Gasteiger partial charge in [-0.3, -0.25) is 0 Å². The summed E-state index contributed by atoms with van der Waals surface area (Å²) in [4.78, 5) is 4.29. The molecule has 2 nitrogen and oxygen atoms in total. The lowest BCUT2D eigenvalue weighted by Gasteiger charge is -2.18. The normalized spacial score (nSPS) is 14.2. The maximum atomic E-state index is 13.5. The Bertz CT molecular complexity index is 575. The van der Waals surface area contributed by atoms with Crippen LogP contribution in [0, 0.1) is 5.82 Å². The summed E-state index contributed by atoms with van der Waals surface area (Å²) in [7, 11) is 0. The minimum atomic E-state index is -0.451. The van der Waals surface area contributed by atoms with Crippen molar-refractivity contribution in [2.75, 3.05) is 6.54 Å². The molecule has 0 saturated heterocycles. The van der Waals surface area contributed by atoms with E-state index in [4.69, 9.17) is 23.2 Å². The van der Waals surface area contributed by atoms with Gasteiger partial charge in [0.15, 0.2) is 0 Å². The predicted molar refractivity (Wildman–Crippen MR) is 83.4 cm³/mol. The minimum Gasteiger partial charge on any atom is -0.309 e. The number of nitrogens with zero attached hydrogens (tertiary/aromatic N) is 1. The second-order valence-electron chi connectivity index (χ2n) is 4.69. The Hall–Kier alpha value is -0.680. The first-order valence-corrected chi connectivity index (χ1v) is 7.89. The maximum absolute atomic E-state index is 13.5. The van der Waals surface area contributed by atoms with E-state index in [9.17, 15) is 4.39 Å². The van der Waals surface area contributed by atoms with Crippen LogP contribution in [0.2, 0.25) is 10.0 Å². The van der Waals surface area contributed by atoms with E-state index < -0.39 is 5.82 Å². The van der Waals surface area contributed by atoms with Gasteiger partial charge < -0.3 is 5.32 Å². The number of benzene rings is 1. The lowest BCUT2D eigenvalue weighted by molar-refractivity contribution is 0.532. The van der Waals surface area contributed by atoms with E-state index in [-0.39, 0.29) is 11.1 Å². The lowest BCUT2D eigenvalue weighted by atomic mass is 10.1. The molecule has 6 heteroatoms. The maximum Gasteiger partial charge on any atom is 0.142 e. The molecule has 0 aliphatic carbocycles. The quantitative estimate of drug-likeness (QED) is 0.775. The molecule has 108 valence electrons. The summed E-state index contributed by atoms with van der Waals surface area (Å²) >= 11 is 13.4. The van der Waals surface area contributed by atoms with Gasteiger partial charge in [0.25, 0.3) is 0 Å². The van der Waals surface area contributed by atoms with Crippen molar-refractivity contribution < 1.29 is 4.39 Å². The fourth-order valence-corrected chi connectivity index (χ4v) is 3.14. The van der Waals surface area contributed by atoms with Crippen molar-refractivity contribution in [3.8, 4) is 0 Å². The molecule has 0 bridgehead atoms. The van der Waals surface area contributed by atoms with Crippen LogP contribution in [0.25, 0.3) is 0 Å². The average molecular weight is 333 g/mol. The van der Waals surface area contributed by atoms with Crippen molar-refractivity contribution in [3.05, 3.63) is 50.1 Å². The highest BCUT2D eigenvalue weighted by molar-refractivity contribution is 7.09. The van der Waals surface area contributed by atoms with E-state index in [0.29, 0.717) is 16.5 Å². The molecule has 0 radical (unpaired) electrons. The zero-order valence-corrected chi connectivity index (χ0v) is 13.5. The van der Waals surface area contributed by atoms with Crippen LogP contribution >= 0.6 is 34.5 Å². The van der Waals surface area contributed by atoms with Crippen LogP contribution in [-0.2, 0) is 0 Å². The minimum absolute atomic E-state index is 0.0436. The number of thiazole rings is 1. The fourth-order valence-electron chi connectivity index (χ4n) is 1.90. The summed E-state index contributed by atoms with van der Waals surface area (Å²) < 4.78 is 13.5. The Morgan fingerprint density at radius 3 is 2.70 bits per heavy atom.